The summed E-state index contributed by atoms with van der Waals surface area (Å²) in [5, 5.41) is 9.19. The van der Waals surface area contributed by atoms with Gasteiger partial charge in [0.15, 0.2) is 11.5 Å². The monoisotopic (exact) mass is 403 g/mol. The fourth-order valence-corrected chi connectivity index (χ4v) is 3.49. The summed E-state index contributed by atoms with van der Waals surface area (Å²) >= 11 is 0. The largest absolute Gasteiger partial charge is 0.383 e. The van der Waals surface area contributed by atoms with Gasteiger partial charge in [-0.25, -0.2) is 19.9 Å². The third kappa shape index (κ3) is 3.26. The number of benzene rings is 1. The molecule has 0 unspecified atom stereocenters. The average Bonchev–Trinajstić information content (AvgIpc) is 3.18. The summed E-state index contributed by atoms with van der Waals surface area (Å²) in [7, 11) is 0. The van der Waals surface area contributed by atoms with Gasteiger partial charge in [0.2, 0.25) is 0 Å². The van der Waals surface area contributed by atoms with Crippen LogP contribution in [0.25, 0.3) is 39.5 Å². The fraction of sp³-hybridized carbons (Fsp3) is 0.0417. The molecule has 4 aromatic heterocycles. The number of nitriles is 1. The normalized spacial score (nSPS) is 10.8. The van der Waals surface area contributed by atoms with Gasteiger partial charge in [-0.05, 0) is 55.5 Å². The molecule has 5 rings (SSSR count). The number of aryl methyl sites for hydroxylation is 1. The smallest absolute Gasteiger partial charge is 0.165 e. The Hall–Kier alpha value is -4.57. The van der Waals surface area contributed by atoms with Crippen LogP contribution < -0.4 is 5.73 Å². The lowest BCUT2D eigenvalue weighted by Gasteiger charge is -2.11. The molecule has 0 aliphatic carbocycles. The molecule has 7 nitrogen and oxygen atoms in total. The lowest BCUT2D eigenvalue weighted by atomic mass is 10.1. The Morgan fingerprint density at radius 1 is 0.935 bits per heavy atom. The first-order chi connectivity index (χ1) is 15.1. The molecule has 31 heavy (non-hydrogen) atoms. The van der Waals surface area contributed by atoms with Gasteiger partial charge < -0.3 is 5.73 Å². The highest BCUT2D eigenvalue weighted by molar-refractivity contribution is 5.84. The number of imidazole rings is 1. The van der Waals surface area contributed by atoms with Gasteiger partial charge in [0, 0.05) is 23.6 Å². The number of anilines is 1. The zero-order chi connectivity index (χ0) is 21.4. The number of nitrogen functional groups attached to an aromatic ring is 1. The second-order valence-corrected chi connectivity index (χ2v) is 7.12. The van der Waals surface area contributed by atoms with Crippen molar-refractivity contribution in [3.63, 3.8) is 0 Å². The number of nitrogens with zero attached hydrogens (tertiary/aromatic N) is 6. The third-order valence-electron chi connectivity index (χ3n) is 5.05. The van der Waals surface area contributed by atoms with Gasteiger partial charge in [-0.1, -0.05) is 17.7 Å². The number of hydrogen-bond donors (Lipinski definition) is 1. The van der Waals surface area contributed by atoms with Gasteiger partial charge in [0.05, 0.1) is 11.3 Å². The summed E-state index contributed by atoms with van der Waals surface area (Å²) in [5.41, 5.74) is 12.3. The fourth-order valence-electron chi connectivity index (χ4n) is 3.49. The number of aromatic nitrogens is 5. The van der Waals surface area contributed by atoms with Crippen LogP contribution in [0.2, 0.25) is 0 Å². The summed E-state index contributed by atoms with van der Waals surface area (Å²) < 4.78 is 1.98. The molecule has 7 heteroatoms. The minimum Gasteiger partial charge on any atom is -0.383 e. The van der Waals surface area contributed by atoms with E-state index in [4.69, 9.17) is 15.7 Å². The van der Waals surface area contributed by atoms with E-state index in [9.17, 15) is 5.26 Å². The van der Waals surface area contributed by atoms with Crippen LogP contribution in [0.5, 0.6) is 0 Å². The molecular weight excluding hydrogens is 386 g/mol. The molecule has 0 aliphatic heterocycles. The Bertz CT molecular complexity index is 1460. The predicted octanol–water partition coefficient (Wildman–Crippen LogP) is 4.31. The minimum atomic E-state index is 0.343. The van der Waals surface area contributed by atoms with Crippen molar-refractivity contribution >= 4 is 17.0 Å². The van der Waals surface area contributed by atoms with Crippen molar-refractivity contribution in [2.45, 2.75) is 6.92 Å². The van der Waals surface area contributed by atoms with Gasteiger partial charge in [-0.2, -0.15) is 5.26 Å². The first-order valence-corrected chi connectivity index (χ1v) is 9.68. The molecule has 0 fully saturated rings. The molecule has 0 radical (unpaired) electrons. The number of hydrogen-bond acceptors (Lipinski definition) is 6. The second-order valence-electron chi connectivity index (χ2n) is 7.12. The Kier molecular flexibility index (Phi) is 4.38. The van der Waals surface area contributed by atoms with Gasteiger partial charge in [-0.3, -0.25) is 4.57 Å². The molecule has 2 N–H and O–H groups in total. The van der Waals surface area contributed by atoms with Crippen LogP contribution in [-0.4, -0.2) is 24.5 Å². The molecule has 0 spiro atoms. The number of nitrogens with two attached hydrogens (primary N) is 1. The molecule has 4 heterocycles. The van der Waals surface area contributed by atoms with E-state index in [0.29, 0.717) is 23.0 Å². The lowest BCUT2D eigenvalue weighted by molar-refractivity contribution is 1.07. The molecule has 148 valence electrons. The molecule has 0 atom stereocenters. The minimum absolute atomic E-state index is 0.343. The standard InChI is InChI=1S/C24H17N7/c1-15-4-6-18(7-5-15)31-23(19-3-2-11-28-22(19)26)30-21-9-8-20(29-24(21)31)16-10-12-27-17(13-16)14-25/h2-13H,1H3,(H2,26,28). The summed E-state index contributed by atoms with van der Waals surface area (Å²) in [6, 6.07) is 21.3. The highest BCUT2D eigenvalue weighted by Crippen LogP contribution is 2.31. The summed E-state index contributed by atoms with van der Waals surface area (Å²) in [4.78, 5) is 18.0. The maximum absolute atomic E-state index is 9.19. The molecule has 0 saturated carbocycles. The van der Waals surface area contributed by atoms with E-state index in [1.807, 2.05) is 66.1 Å². The van der Waals surface area contributed by atoms with E-state index < -0.39 is 0 Å². The molecule has 0 bridgehead atoms. The molecule has 1 aromatic carbocycles. The molecular formula is C24H17N7. The highest BCUT2D eigenvalue weighted by Gasteiger charge is 2.18. The van der Waals surface area contributed by atoms with Crippen LogP contribution in [-0.2, 0) is 0 Å². The quantitative estimate of drug-likeness (QED) is 0.481. The number of rotatable bonds is 3. The van der Waals surface area contributed by atoms with Gasteiger partial charge in [0.25, 0.3) is 0 Å². The molecule has 0 aliphatic rings. The summed E-state index contributed by atoms with van der Waals surface area (Å²) in [6.07, 6.45) is 3.27. The predicted molar refractivity (Wildman–Crippen MR) is 119 cm³/mol. The topological polar surface area (TPSA) is 106 Å². The first-order valence-electron chi connectivity index (χ1n) is 9.68. The Balaban J connectivity index is 1.80. The van der Waals surface area contributed by atoms with Gasteiger partial charge >= 0.3 is 0 Å². The Labute approximate surface area is 178 Å². The van der Waals surface area contributed by atoms with Crippen molar-refractivity contribution in [3.05, 3.63) is 84.3 Å². The van der Waals surface area contributed by atoms with Crippen molar-refractivity contribution in [2.75, 3.05) is 5.73 Å². The van der Waals surface area contributed by atoms with E-state index in [-0.39, 0.29) is 0 Å². The zero-order valence-corrected chi connectivity index (χ0v) is 16.7. The van der Waals surface area contributed by atoms with Crippen molar-refractivity contribution in [1.82, 2.24) is 24.5 Å². The van der Waals surface area contributed by atoms with E-state index >= 15 is 0 Å². The Morgan fingerprint density at radius 2 is 1.77 bits per heavy atom. The van der Waals surface area contributed by atoms with Crippen LogP contribution >= 0.6 is 0 Å². The maximum atomic E-state index is 9.19. The van der Waals surface area contributed by atoms with Crippen LogP contribution in [0.15, 0.2) is 73.1 Å². The number of pyridine rings is 3. The van der Waals surface area contributed by atoms with Crippen molar-refractivity contribution in [3.8, 4) is 34.4 Å². The van der Waals surface area contributed by atoms with Crippen LogP contribution in [0.3, 0.4) is 0 Å². The van der Waals surface area contributed by atoms with Crippen LogP contribution in [0, 0.1) is 18.3 Å². The molecule has 0 amide bonds. The highest BCUT2D eigenvalue weighted by atomic mass is 15.1. The van der Waals surface area contributed by atoms with Crippen LogP contribution in [0.4, 0.5) is 5.82 Å². The SMILES string of the molecule is Cc1ccc(-n2c(-c3cccnc3N)nc3ccc(-c4ccnc(C#N)c4)nc32)cc1. The van der Waals surface area contributed by atoms with Gasteiger partial charge in [-0.15, -0.1) is 0 Å². The third-order valence-corrected chi connectivity index (χ3v) is 5.05. The van der Waals surface area contributed by atoms with E-state index in [1.54, 1.807) is 18.5 Å². The zero-order valence-electron chi connectivity index (χ0n) is 16.7. The first kappa shape index (κ1) is 18.5. The van der Waals surface area contributed by atoms with Crippen molar-refractivity contribution in [1.29, 1.82) is 5.26 Å². The number of fused-ring (bicyclic) bond motifs is 1. The second kappa shape index (κ2) is 7.35. The Morgan fingerprint density at radius 3 is 2.55 bits per heavy atom. The summed E-state index contributed by atoms with van der Waals surface area (Å²) in [6.45, 7) is 2.04. The van der Waals surface area contributed by atoms with Crippen molar-refractivity contribution in [2.24, 2.45) is 0 Å². The summed E-state index contributed by atoms with van der Waals surface area (Å²) in [5.74, 6) is 1.07. The molecule has 0 saturated heterocycles. The van der Waals surface area contributed by atoms with E-state index in [2.05, 4.69) is 16.0 Å². The van der Waals surface area contributed by atoms with Crippen LogP contribution in [0.1, 0.15) is 11.3 Å². The van der Waals surface area contributed by atoms with Gasteiger partial charge in [0.1, 0.15) is 23.1 Å². The molecule has 5 aromatic rings. The van der Waals surface area contributed by atoms with E-state index in [0.717, 1.165) is 33.6 Å². The lowest BCUT2D eigenvalue weighted by Crippen LogP contribution is -2.02. The van der Waals surface area contributed by atoms with E-state index in [1.165, 1.54) is 0 Å². The maximum Gasteiger partial charge on any atom is 0.165 e. The van der Waals surface area contributed by atoms with Crippen molar-refractivity contribution < 1.29 is 0 Å². The average molecular weight is 403 g/mol.